The largest absolute Gasteiger partial charge is 0.497 e. The van der Waals surface area contributed by atoms with Crippen LogP contribution in [0.15, 0.2) is 46.9 Å². The topological polar surface area (TPSA) is 81.2 Å². The number of anilines is 1. The van der Waals surface area contributed by atoms with Crippen molar-refractivity contribution in [3.8, 4) is 40.0 Å². The third kappa shape index (κ3) is 3.67. The predicted octanol–water partition coefficient (Wildman–Crippen LogP) is 5.35. The van der Waals surface area contributed by atoms with E-state index in [0.717, 1.165) is 38.2 Å². The number of nitrogen functional groups attached to an aromatic ring is 1. The van der Waals surface area contributed by atoms with Gasteiger partial charge in [0.15, 0.2) is 0 Å². The maximum Gasteiger partial charge on any atom is 0.142 e. The van der Waals surface area contributed by atoms with E-state index < -0.39 is 0 Å². The molecule has 0 fully saturated rings. The Balaban J connectivity index is 2.31. The summed E-state index contributed by atoms with van der Waals surface area (Å²) in [6, 6.07) is 15.5. The zero-order valence-corrected chi connectivity index (χ0v) is 17.5. The number of rotatable bonds is 5. The van der Waals surface area contributed by atoms with E-state index in [4.69, 9.17) is 15.2 Å². The Bertz CT molecular complexity index is 1060. The summed E-state index contributed by atoms with van der Waals surface area (Å²) >= 11 is 3.51. The number of nitriles is 1. The molecule has 0 amide bonds. The molecule has 0 saturated heterocycles. The zero-order valence-electron chi connectivity index (χ0n) is 15.9. The standard InChI is InChI=1S/C22H20BrN3O2/c1-4-28-19-10-7-15(23)11-17(19)20-13(2)21(26-22(25)18(20)12-24)14-5-8-16(27-3)9-6-14/h5-11H,4H2,1-3H3,(H2,25,26). The zero-order chi connectivity index (χ0) is 20.3. The van der Waals surface area contributed by atoms with Crippen LogP contribution in [-0.4, -0.2) is 18.7 Å². The second-order valence-electron chi connectivity index (χ2n) is 6.13. The molecule has 0 radical (unpaired) electrons. The molecule has 0 aliphatic carbocycles. The maximum absolute atomic E-state index is 9.77. The van der Waals surface area contributed by atoms with Crippen molar-refractivity contribution < 1.29 is 9.47 Å². The fraction of sp³-hybridized carbons (Fsp3) is 0.182. The fourth-order valence-corrected chi connectivity index (χ4v) is 3.51. The lowest BCUT2D eigenvalue weighted by Gasteiger charge is -2.18. The predicted molar refractivity (Wildman–Crippen MR) is 114 cm³/mol. The number of halogens is 1. The van der Waals surface area contributed by atoms with Crippen molar-refractivity contribution >= 4 is 21.7 Å². The molecule has 0 bridgehead atoms. The molecule has 3 aromatic rings. The Labute approximate surface area is 172 Å². The van der Waals surface area contributed by atoms with E-state index >= 15 is 0 Å². The molecule has 5 nitrogen and oxygen atoms in total. The summed E-state index contributed by atoms with van der Waals surface area (Å²) in [5.74, 6) is 1.64. The highest BCUT2D eigenvalue weighted by Gasteiger charge is 2.21. The summed E-state index contributed by atoms with van der Waals surface area (Å²) in [5, 5.41) is 9.77. The molecule has 1 heterocycles. The van der Waals surface area contributed by atoms with Crippen LogP contribution in [0.2, 0.25) is 0 Å². The molecule has 0 spiro atoms. The van der Waals surface area contributed by atoms with Gasteiger partial charge in [0.1, 0.15) is 28.9 Å². The van der Waals surface area contributed by atoms with Crippen LogP contribution < -0.4 is 15.2 Å². The molecule has 142 valence electrons. The quantitative estimate of drug-likeness (QED) is 0.581. The number of ether oxygens (including phenoxy) is 2. The number of aromatic nitrogens is 1. The summed E-state index contributed by atoms with van der Waals surface area (Å²) in [6.07, 6.45) is 0. The lowest BCUT2D eigenvalue weighted by Crippen LogP contribution is -2.04. The second-order valence-corrected chi connectivity index (χ2v) is 7.05. The van der Waals surface area contributed by atoms with Gasteiger partial charge in [-0.25, -0.2) is 4.98 Å². The van der Waals surface area contributed by atoms with E-state index in [1.165, 1.54) is 0 Å². The van der Waals surface area contributed by atoms with E-state index in [1.807, 2.05) is 56.3 Å². The average molecular weight is 438 g/mol. The SMILES string of the molecule is CCOc1ccc(Br)cc1-c1c(C)c(-c2ccc(OC)cc2)nc(N)c1C#N. The van der Waals surface area contributed by atoms with Gasteiger partial charge in [0, 0.05) is 21.2 Å². The number of benzene rings is 2. The molecule has 0 saturated carbocycles. The third-order valence-electron chi connectivity index (χ3n) is 4.45. The van der Waals surface area contributed by atoms with Gasteiger partial charge in [-0.05, 0) is 61.9 Å². The average Bonchev–Trinajstić information content (AvgIpc) is 2.70. The summed E-state index contributed by atoms with van der Waals surface area (Å²) in [7, 11) is 1.62. The first kappa shape index (κ1) is 19.7. The van der Waals surface area contributed by atoms with Gasteiger partial charge < -0.3 is 15.2 Å². The molecule has 2 aromatic carbocycles. The van der Waals surface area contributed by atoms with Gasteiger partial charge in [-0.1, -0.05) is 15.9 Å². The normalized spacial score (nSPS) is 10.4. The summed E-state index contributed by atoms with van der Waals surface area (Å²) < 4.78 is 11.9. The Morgan fingerprint density at radius 2 is 1.89 bits per heavy atom. The minimum Gasteiger partial charge on any atom is -0.497 e. The van der Waals surface area contributed by atoms with Crippen LogP contribution in [0.3, 0.4) is 0 Å². The first-order chi connectivity index (χ1) is 13.5. The number of pyridine rings is 1. The fourth-order valence-electron chi connectivity index (χ4n) is 3.15. The van der Waals surface area contributed by atoms with E-state index in [0.29, 0.717) is 17.9 Å². The molecule has 3 rings (SSSR count). The Morgan fingerprint density at radius 3 is 2.50 bits per heavy atom. The van der Waals surface area contributed by atoms with Gasteiger partial charge in [-0.3, -0.25) is 0 Å². The maximum atomic E-state index is 9.77. The van der Waals surface area contributed by atoms with Crippen LogP contribution in [0.5, 0.6) is 11.5 Å². The summed E-state index contributed by atoms with van der Waals surface area (Å²) in [6.45, 7) is 4.38. The Morgan fingerprint density at radius 1 is 1.18 bits per heavy atom. The van der Waals surface area contributed by atoms with Gasteiger partial charge in [0.25, 0.3) is 0 Å². The van der Waals surface area contributed by atoms with Gasteiger partial charge in [-0.2, -0.15) is 5.26 Å². The van der Waals surface area contributed by atoms with Crippen molar-refractivity contribution in [2.75, 3.05) is 19.5 Å². The van der Waals surface area contributed by atoms with Crippen LogP contribution in [0, 0.1) is 18.3 Å². The van der Waals surface area contributed by atoms with Crippen molar-refractivity contribution in [3.63, 3.8) is 0 Å². The van der Waals surface area contributed by atoms with E-state index in [1.54, 1.807) is 7.11 Å². The molecule has 2 N–H and O–H groups in total. The molecular weight excluding hydrogens is 418 g/mol. The number of hydrogen-bond acceptors (Lipinski definition) is 5. The highest BCUT2D eigenvalue weighted by molar-refractivity contribution is 9.10. The molecule has 6 heteroatoms. The summed E-state index contributed by atoms with van der Waals surface area (Å²) in [5.41, 5.74) is 10.5. The minimum atomic E-state index is 0.191. The first-order valence-corrected chi connectivity index (χ1v) is 9.56. The van der Waals surface area contributed by atoms with Crippen molar-refractivity contribution in [2.45, 2.75) is 13.8 Å². The van der Waals surface area contributed by atoms with Gasteiger partial charge >= 0.3 is 0 Å². The molecule has 28 heavy (non-hydrogen) atoms. The lowest BCUT2D eigenvalue weighted by atomic mass is 9.92. The van der Waals surface area contributed by atoms with E-state index in [-0.39, 0.29) is 5.82 Å². The number of nitrogens with two attached hydrogens (primary N) is 1. The Hall–Kier alpha value is -3.04. The second kappa shape index (κ2) is 8.32. The Kier molecular flexibility index (Phi) is 5.86. The minimum absolute atomic E-state index is 0.191. The third-order valence-corrected chi connectivity index (χ3v) is 4.95. The smallest absolute Gasteiger partial charge is 0.142 e. The molecule has 0 unspecified atom stereocenters. The van der Waals surface area contributed by atoms with Crippen molar-refractivity contribution in [2.24, 2.45) is 0 Å². The van der Waals surface area contributed by atoms with Gasteiger partial charge in [0.05, 0.1) is 19.4 Å². The van der Waals surface area contributed by atoms with Crippen molar-refractivity contribution in [1.82, 2.24) is 4.98 Å². The molecular formula is C22H20BrN3O2. The van der Waals surface area contributed by atoms with Crippen LogP contribution >= 0.6 is 15.9 Å². The van der Waals surface area contributed by atoms with Crippen LogP contribution in [0.1, 0.15) is 18.1 Å². The van der Waals surface area contributed by atoms with Gasteiger partial charge in [0.2, 0.25) is 0 Å². The van der Waals surface area contributed by atoms with E-state index in [9.17, 15) is 5.26 Å². The highest BCUT2D eigenvalue weighted by atomic mass is 79.9. The number of hydrogen-bond donors (Lipinski definition) is 1. The monoisotopic (exact) mass is 437 g/mol. The molecule has 0 aliphatic rings. The molecule has 1 aromatic heterocycles. The highest BCUT2D eigenvalue weighted by Crippen LogP contribution is 2.41. The van der Waals surface area contributed by atoms with Crippen LogP contribution in [0.4, 0.5) is 5.82 Å². The van der Waals surface area contributed by atoms with Crippen molar-refractivity contribution in [3.05, 3.63) is 58.1 Å². The molecule has 0 aliphatic heterocycles. The van der Waals surface area contributed by atoms with Crippen molar-refractivity contribution in [1.29, 1.82) is 5.26 Å². The number of methoxy groups -OCH3 is 1. The summed E-state index contributed by atoms with van der Waals surface area (Å²) in [4.78, 5) is 4.52. The van der Waals surface area contributed by atoms with Gasteiger partial charge in [-0.15, -0.1) is 0 Å². The lowest BCUT2D eigenvalue weighted by molar-refractivity contribution is 0.341. The first-order valence-electron chi connectivity index (χ1n) is 8.77. The van der Waals surface area contributed by atoms with Crippen LogP contribution in [-0.2, 0) is 0 Å². The number of nitrogens with zero attached hydrogens (tertiary/aromatic N) is 2. The van der Waals surface area contributed by atoms with Crippen LogP contribution in [0.25, 0.3) is 22.4 Å². The molecule has 0 atom stereocenters. The van der Waals surface area contributed by atoms with E-state index in [2.05, 4.69) is 27.0 Å².